The molecule has 118 valence electrons. The van der Waals surface area contributed by atoms with Crippen molar-refractivity contribution in [3.63, 3.8) is 0 Å². The van der Waals surface area contributed by atoms with Crippen molar-refractivity contribution in [2.75, 3.05) is 6.61 Å². The third-order valence-corrected chi connectivity index (χ3v) is 4.08. The van der Waals surface area contributed by atoms with Gasteiger partial charge in [0.2, 0.25) is 0 Å². The van der Waals surface area contributed by atoms with E-state index in [0.29, 0.717) is 24.6 Å². The van der Waals surface area contributed by atoms with Gasteiger partial charge in [0.1, 0.15) is 12.4 Å². The minimum atomic E-state index is 0.165. The summed E-state index contributed by atoms with van der Waals surface area (Å²) in [6.45, 7) is 3.10. The van der Waals surface area contributed by atoms with Crippen molar-refractivity contribution in [2.45, 2.75) is 19.9 Å². The van der Waals surface area contributed by atoms with Gasteiger partial charge in [-0.3, -0.25) is 4.79 Å². The lowest BCUT2D eigenvalue weighted by Crippen LogP contribution is -2.07. The van der Waals surface area contributed by atoms with Gasteiger partial charge in [-0.15, -0.1) is 0 Å². The maximum absolute atomic E-state index is 12.1. The largest absolute Gasteiger partial charge is 0.492 e. The Morgan fingerprint density at radius 1 is 1.13 bits per heavy atom. The molecule has 3 aromatic rings. The van der Waals surface area contributed by atoms with Crippen LogP contribution in [-0.4, -0.2) is 17.0 Å². The number of hydrogen-bond acceptors (Lipinski definition) is 2. The van der Waals surface area contributed by atoms with Gasteiger partial charge in [-0.1, -0.05) is 36.7 Å². The summed E-state index contributed by atoms with van der Waals surface area (Å²) >= 11 is 5.86. The van der Waals surface area contributed by atoms with Crippen molar-refractivity contribution >= 4 is 28.3 Å². The van der Waals surface area contributed by atoms with Gasteiger partial charge in [0.25, 0.3) is 0 Å². The Morgan fingerprint density at radius 3 is 2.61 bits per heavy atom. The van der Waals surface area contributed by atoms with Gasteiger partial charge in [-0.2, -0.15) is 0 Å². The third kappa shape index (κ3) is 3.40. The van der Waals surface area contributed by atoms with Crippen LogP contribution in [0.4, 0.5) is 0 Å². The summed E-state index contributed by atoms with van der Waals surface area (Å²) in [5.74, 6) is 0.953. The van der Waals surface area contributed by atoms with Gasteiger partial charge in [-0.25, -0.2) is 0 Å². The highest BCUT2D eigenvalue weighted by Crippen LogP contribution is 2.23. The molecule has 0 atom stereocenters. The first-order valence-corrected chi connectivity index (χ1v) is 8.06. The molecule has 0 saturated heterocycles. The van der Waals surface area contributed by atoms with E-state index in [9.17, 15) is 4.79 Å². The summed E-state index contributed by atoms with van der Waals surface area (Å²) in [4.78, 5) is 12.1. The molecule has 0 bridgehead atoms. The summed E-state index contributed by atoms with van der Waals surface area (Å²) in [5.41, 5.74) is 1.85. The van der Waals surface area contributed by atoms with Crippen LogP contribution in [0.25, 0.3) is 10.9 Å². The predicted octanol–water partition coefficient (Wildman–Crippen LogP) is 4.97. The van der Waals surface area contributed by atoms with E-state index in [4.69, 9.17) is 16.3 Å². The highest BCUT2D eigenvalue weighted by atomic mass is 35.5. The molecule has 0 spiro atoms. The Labute approximate surface area is 140 Å². The standard InChI is InChI=1S/C19H18ClNO2/c1-2-19(22)17-13-21(18-6-4-3-5-16(17)18)11-12-23-15-9-7-14(20)8-10-15/h3-10,13H,2,11-12H2,1H3. The van der Waals surface area contributed by atoms with Crippen LogP contribution in [0, 0.1) is 0 Å². The quantitative estimate of drug-likeness (QED) is 0.599. The zero-order chi connectivity index (χ0) is 16.2. The van der Waals surface area contributed by atoms with Crippen LogP contribution in [0.3, 0.4) is 0 Å². The second-order valence-electron chi connectivity index (χ2n) is 5.33. The first-order chi connectivity index (χ1) is 11.2. The number of halogens is 1. The van der Waals surface area contributed by atoms with Crippen LogP contribution in [0.1, 0.15) is 23.7 Å². The summed E-state index contributed by atoms with van der Waals surface area (Å²) in [7, 11) is 0. The van der Waals surface area contributed by atoms with E-state index in [0.717, 1.165) is 22.2 Å². The molecule has 3 rings (SSSR count). The van der Waals surface area contributed by atoms with Gasteiger partial charge in [0.05, 0.1) is 6.54 Å². The van der Waals surface area contributed by atoms with E-state index < -0.39 is 0 Å². The molecule has 0 N–H and O–H groups in total. The Bertz CT molecular complexity index is 821. The van der Waals surface area contributed by atoms with Gasteiger partial charge in [0, 0.05) is 34.1 Å². The summed E-state index contributed by atoms with van der Waals surface area (Å²) in [5, 5.41) is 1.70. The molecule has 0 unspecified atom stereocenters. The van der Waals surface area contributed by atoms with Crippen LogP contribution in [0.2, 0.25) is 5.02 Å². The number of fused-ring (bicyclic) bond motifs is 1. The lowest BCUT2D eigenvalue weighted by molar-refractivity contribution is 0.0989. The molecule has 0 fully saturated rings. The molecule has 0 saturated carbocycles. The number of ether oxygens (including phenoxy) is 1. The average Bonchev–Trinajstić information content (AvgIpc) is 2.95. The van der Waals surface area contributed by atoms with Crippen LogP contribution >= 0.6 is 11.6 Å². The van der Waals surface area contributed by atoms with Gasteiger partial charge in [-0.05, 0) is 30.3 Å². The molecular weight excluding hydrogens is 310 g/mol. The lowest BCUT2D eigenvalue weighted by atomic mass is 10.1. The third-order valence-electron chi connectivity index (χ3n) is 3.82. The highest BCUT2D eigenvalue weighted by molar-refractivity contribution is 6.30. The number of ketones is 1. The molecule has 0 aliphatic rings. The molecule has 23 heavy (non-hydrogen) atoms. The highest BCUT2D eigenvalue weighted by Gasteiger charge is 2.13. The molecule has 0 radical (unpaired) electrons. The van der Waals surface area contributed by atoms with Crippen molar-refractivity contribution in [1.82, 2.24) is 4.57 Å². The molecule has 1 aromatic heterocycles. The van der Waals surface area contributed by atoms with Gasteiger partial charge in [0.15, 0.2) is 5.78 Å². The van der Waals surface area contributed by atoms with Crippen molar-refractivity contribution < 1.29 is 9.53 Å². The number of carbonyl (C=O) groups is 1. The van der Waals surface area contributed by atoms with Crippen molar-refractivity contribution in [1.29, 1.82) is 0 Å². The Morgan fingerprint density at radius 2 is 1.87 bits per heavy atom. The van der Waals surface area contributed by atoms with E-state index in [1.165, 1.54) is 0 Å². The number of Topliss-reactive ketones (excluding diaryl/α,β-unsaturated/α-hetero) is 1. The normalized spacial score (nSPS) is 10.9. The monoisotopic (exact) mass is 327 g/mol. The van der Waals surface area contributed by atoms with Gasteiger partial charge < -0.3 is 9.30 Å². The van der Waals surface area contributed by atoms with Crippen molar-refractivity contribution in [3.05, 3.63) is 65.3 Å². The van der Waals surface area contributed by atoms with Crippen LogP contribution in [0.15, 0.2) is 54.7 Å². The number of aromatic nitrogens is 1. The van der Waals surface area contributed by atoms with E-state index >= 15 is 0 Å². The lowest BCUT2D eigenvalue weighted by Gasteiger charge is -2.08. The molecule has 4 heteroatoms. The van der Waals surface area contributed by atoms with Crippen molar-refractivity contribution in [3.8, 4) is 5.75 Å². The number of nitrogens with zero attached hydrogens (tertiary/aromatic N) is 1. The summed E-state index contributed by atoms with van der Waals surface area (Å²) in [6.07, 6.45) is 2.44. The second-order valence-corrected chi connectivity index (χ2v) is 5.77. The second kappa shape index (κ2) is 6.88. The number of rotatable bonds is 6. The van der Waals surface area contributed by atoms with E-state index in [1.807, 2.05) is 49.5 Å². The molecular formula is C19H18ClNO2. The summed E-state index contributed by atoms with van der Waals surface area (Å²) in [6, 6.07) is 15.3. The van der Waals surface area contributed by atoms with Crippen molar-refractivity contribution in [2.24, 2.45) is 0 Å². The SMILES string of the molecule is CCC(=O)c1cn(CCOc2ccc(Cl)cc2)c2ccccc12. The first-order valence-electron chi connectivity index (χ1n) is 7.68. The van der Waals surface area contributed by atoms with E-state index in [-0.39, 0.29) is 5.78 Å². The minimum absolute atomic E-state index is 0.165. The maximum Gasteiger partial charge on any atom is 0.164 e. The number of para-hydroxylation sites is 1. The molecule has 1 heterocycles. The number of hydrogen-bond donors (Lipinski definition) is 0. The predicted molar refractivity (Wildman–Crippen MR) is 93.5 cm³/mol. The fourth-order valence-electron chi connectivity index (χ4n) is 2.64. The molecule has 0 amide bonds. The van der Waals surface area contributed by atoms with Gasteiger partial charge >= 0.3 is 0 Å². The molecule has 3 nitrogen and oxygen atoms in total. The maximum atomic E-state index is 12.1. The topological polar surface area (TPSA) is 31.2 Å². The molecule has 0 aliphatic heterocycles. The van der Waals surface area contributed by atoms with E-state index in [2.05, 4.69) is 4.57 Å². The van der Waals surface area contributed by atoms with Crippen LogP contribution in [0.5, 0.6) is 5.75 Å². The fourth-order valence-corrected chi connectivity index (χ4v) is 2.76. The minimum Gasteiger partial charge on any atom is -0.492 e. The first kappa shape index (κ1) is 15.6. The Hall–Kier alpha value is -2.26. The van der Waals surface area contributed by atoms with Crippen LogP contribution < -0.4 is 4.74 Å². The zero-order valence-corrected chi connectivity index (χ0v) is 13.7. The zero-order valence-electron chi connectivity index (χ0n) is 13.0. The molecule has 2 aromatic carbocycles. The van der Waals surface area contributed by atoms with Crippen LogP contribution in [-0.2, 0) is 6.54 Å². The average molecular weight is 328 g/mol. The van der Waals surface area contributed by atoms with E-state index in [1.54, 1.807) is 12.1 Å². The Kier molecular flexibility index (Phi) is 4.68. The number of carbonyl (C=O) groups excluding carboxylic acids is 1. The fraction of sp³-hybridized carbons (Fsp3) is 0.211. The Balaban J connectivity index is 1.77. The molecule has 0 aliphatic carbocycles. The number of benzene rings is 2. The summed E-state index contributed by atoms with van der Waals surface area (Å²) < 4.78 is 7.82. The smallest absolute Gasteiger partial charge is 0.164 e.